The lowest BCUT2D eigenvalue weighted by molar-refractivity contribution is 0.635. The van der Waals surface area contributed by atoms with Crippen LogP contribution in [-0.2, 0) is 0 Å². The summed E-state index contributed by atoms with van der Waals surface area (Å²) in [6.45, 7) is 0. The average Bonchev–Trinajstić information content (AvgIpc) is 2.07. The van der Waals surface area contributed by atoms with Crippen molar-refractivity contribution in [2.45, 2.75) is 0 Å². The molecule has 0 spiro atoms. The number of rotatable bonds is 0. The molecule has 1 heterocycles. The Morgan fingerprint density at radius 2 is 2.08 bits per heavy atom. The van der Waals surface area contributed by atoms with Crippen LogP contribution < -0.4 is 0 Å². The van der Waals surface area contributed by atoms with Crippen molar-refractivity contribution < 1.29 is 4.39 Å². The van der Waals surface area contributed by atoms with Crippen molar-refractivity contribution >= 4 is 38.4 Å². The van der Waals surface area contributed by atoms with E-state index < -0.39 is 5.82 Å². The van der Waals surface area contributed by atoms with Crippen LogP contribution in [0.4, 0.5) is 4.39 Å². The summed E-state index contributed by atoms with van der Waals surface area (Å²) >= 11 is 8.93. The SMILES string of the molecule is Fc1cc(Br)cc2c(Cl)ncnc12. The van der Waals surface area contributed by atoms with Gasteiger partial charge in [-0.3, -0.25) is 0 Å². The molecule has 2 rings (SSSR count). The summed E-state index contributed by atoms with van der Waals surface area (Å²) in [4.78, 5) is 7.55. The van der Waals surface area contributed by atoms with Gasteiger partial charge in [0.15, 0.2) is 5.82 Å². The first-order valence-electron chi connectivity index (χ1n) is 3.44. The van der Waals surface area contributed by atoms with Crippen LogP contribution >= 0.6 is 27.5 Å². The first-order valence-corrected chi connectivity index (χ1v) is 4.61. The Morgan fingerprint density at radius 1 is 1.31 bits per heavy atom. The van der Waals surface area contributed by atoms with E-state index in [4.69, 9.17) is 11.6 Å². The van der Waals surface area contributed by atoms with E-state index in [2.05, 4.69) is 25.9 Å². The largest absolute Gasteiger partial charge is 0.233 e. The molecule has 2 nitrogen and oxygen atoms in total. The minimum absolute atomic E-state index is 0.239. The number of nitrogens with zero attached hydrogens (tertiary/aromatic N) is 2. The predicted molar refractivity (Wildman–Crippen MR) is 52.2 cm³/mol. The molecule has 0 aliphatic heterocycles. The Kier molecular flexibility index (Phi) is 2.17. The Hall–Kier alpha value is -0.740. The van der Waals surface area contributed by atoms with E-state index in [0.717, 1.165) is 0 Å². The maximum atomic E-state index is 13.2. The second-order valence-electron chi connectivity index (χ2n) is 2.45. The van der Waals surface area contributed by atoms with Crippen molar-refractivity contribution in [3.05, 3.63) is 33.9 Å². The number of fused-ring (bicyclic) bond motifs is 1. The van der Waals surface area contributed by atoms with Gasteiger partial charge in [-0.25, -0.2) is 14.4 Å². The fourth-order valence-corrected chi connectivity index (χ4v) is 1.68. The highest BCUT2D eigenvalue weighted by Gasteiger charge is 2.07. The maximum Gasteiger partial charge on any atom is 0.150 e. The van der Waals surface area contributed by atoms with E-state index in [1.54, 1.807) is 6.07 Å². The van der Waals surface area contributed by atoms with Gasteiger partial charge in [-0.2, -0.15) is 0 Å². The van der Waals surface area contributed by atoms with Crippen LogP contribution in [0.2, 0.25) is 5.15 Å². The monoisotopic (exact) mass is 260 g/mol. The molecule has 0 amide bonds. The summed E-state index contributed by atoms with van der Waals surface area (Å²) in [5, 5.41) is 0.765. The molecule has 0 bridgehead atoms. The third kappa shape index (κ3) is 1.51. The molecule has 5 heteroatoms. The molecule has 13 heavy (non-hydrogen) atoms. The molecule has 1 aromatic heterocycles. The van der Waals surface area contributed by atoms with Gasteiger partial charge in [-0.05, 0) is 12.1 Å². The van der Waals surface area contributed by atoms with Crippen molar-refractivity contribution in [2.75, 3.05) is 0 Å². The van der Waals surface area contributed by atoms with Crippen molar-refractivity contribution in [3.8, 4) is 0 Å². The Balaban J connectivity index is 2.94. The highest BCUT2D eigenvalue weighted by Crippen LogP contribution is 2.25. The molecule has 1 aromatic carbocycles. The molecule has 0 N–H and O–H groups in total. The van der Waals surface area contributed by atoms with Crippen LogP contribution in [0.25, 0.3) is 10.9 Å². The fraction of sp³-hybridized carbons (Fsp3) is 0. The molecule has 0 atom stereocenters. The lowest BCUT2D eigenvalue weighted by Crippen LogP contribution is -1.87. The van der Waals surface area contributed by atoms with E-state index in [1.165, 1.54) is 12.4 Å². The molecule has 0 fully saturated rings. The first kappa shape index (κ1) is 8.84. The lowest BCUT2D eigenvalue weighted by Gasteiger charge is -2.00. The summed E-state index contributed by atoms with van der Waals surface area (Å²) < 4.78 is 13.9. The van der Waals surface area contributed by atoms with E-state index in [1.807, 2.05) is 0 Å². The molecular formula is C8H3BrClFN2. The van der Waals surface area contributed by atoms with E-state index in [0.29, 0.717) is 9.86 Å². The predicted octanol–water partition coefficient (Wildman–Crippen LogP) is 3.18. The molecular weight excluding hydrogens is 258 g/mol. The van der Waals surface area contributed by atoms with Crippen LogP contribution in [0.15, 0.2) is 22.9 Å². The normalized spacial score (nSPS) is 10.7. The Bertz CT molecular complexity index is 475. The number of aromatic nitrogens is 2. The van der Waals surface area contributed by atoms with Crippen LogP contribution in [0.3, 0.4) is 0 Å². The van der Waals surface area contributed by atoms with Gasteiger partial charge in [-0.1, -0.05) is 27.5 Å². The maximum absolute atomic E-state index is 13.2. The molecule has 0 aliphatic carbocycles. The zero-order valence-corrected chi connectivity index (χ0v) is 8.60. The summed E-state index contributed by atoms with van der Waals surface area (Å²) in [6.07, 6.45) is 1.24. The number of benzene rings is 1. The van der Waals surface area contributed by atoms with Crippen molar-refractivity contribution in [2.24, 2.45) is 0 Å². The average molecular weight is 261 g/mol. The quantitative estimate of drug-likeness (QED) is 0.681. The summed E-state index contributed by atoms with van der Waals surface area (Å²) in [5.74, 6) is -0.409. The standard InChI is InChI=1S/C8H3BrClFN2/c9-4-1-5-7(6(11)2-4)12-3-13-8(5)10/h1-3H. The molecule has 0 unspecified atom stereocenters. The summed E-state index contributed by atoms with van der Waals surface area (Å²) in [7, 11) is 0. The van der Waals surface area contributed by atoms with Gasteiger partial charge in [-0.15, -0.1) is 0 Å². The van der Waals surface area contributed by atoms with E-state index in [9.17, 15) is 4.39 Å². The van der Waals surface area contributed by atoms with Crippen LogP contribution in [-0.4, -0.2) is 9.97 Å². The first-order chi connectivity index (χ1) is 6.18. The minimum Gasteiger partial charge on any atom is -0.233 e. The van der Waals surface area contributed by atoms with Gasteiger partial charge >= 0.3 is 0 Å². The molecule has 0 saturated carbocycles. The van der Waals surface area contributed by atoms with E-state index in [-0.39, 0.29) is 10.7 Å². The third-order valence-corrected chi connectivity index (χ3v) is 2.37. The number of hydrogen-bond donors (Lipinski definition) is 0. The highest BCUT2D eigenvalue weighted by atomic mass is 79.9. The van der Waals surface area contributed by atoms with Crippen LogP contribution in [0.1, 0.15) is 0 Å². The molecule has 2 aromatic rings. The second kappa shape index (κ2) is 3.20. The number of hydrogen-bond acceptors (Lipinski definition) is 2. The lowest BCUT2D eigenvalue weighted by atomic mass is 10.2. The van der Waals surface area contributed by atoms with Gasteiger partial charge < -0.3 is 0 Å². The van der Waals surface area contributed by atoms with Crippen LogP contribution in [0, 0.1) is 5.82 Å². The Morgan fingerprint density at radius 3 is 2.85 bits per heavy atom. The van der Waals surface area contributed by atoms with Gasteiger partial charge in [0, 0.05) is 9.86 Å². The van der Waals surface area contributed by atoms with Crippen molar-refractivity contribution in [3.63, 3.8) is 0 Å². The van der Waals surface area contributed by atoms with Gasteiger partial charge in [0.1, 0.15) is 17.0 Å². The third-order valence-electron chi connectivity index (χ3n) is 1.61. The van der Waals surface area contributed by atoms with Gasteiger partial charge in [0.25, 0.3) is 0 Å². The fourth-order valence-electron chi connectivity index (χ4n) is 1.06. The smallest absolute Gasteiger partial charge is 0.150 e. The summed E-state index contributed by atoms with van der Waals surface area (Å²) in [6, 6.07) is 3.02. The summed E-state index contributed by atoms with van der Waals surface area (Å²) in [5.41, 5.74) is 0.239. The van der Waals surface area contributed by atoms with E-state index >= 15 is 0 Å². The van der Waals surface area contributed by atoms with Crippen molar-refractivity contribution in [1.82, 2.24) is 9.97 Å². The zero-order chi connectivity index (χ0) is 9.42. The Labute approximate surface area is 86.9 Å². The van der Waals surface area contributed by atoms with Crippen LogP contribution in [0.5, 0.6) is 0 Å². The molecule has 0 aliphatic rings. The van der Waals surface area contributed by atoms with Gasteiger partial charge in [0.2, 0.25) is 0 Å². The highest BCUT2D eigenvalue weighted by molar-refractivity contribution is 9.10. The zero-order valence-electron chi connectivity index (χ0n) is 6.26. The topological polar surface area (TPSA) is 25.8 Å². The molecule has 0 radical (unpaired) electrons. The van der Waals surface area contributed by atoms with Crippen molar-refractivity contribution in [1.29, 1.82) is 0 Å². The molecule has 66 valence electrons. The number of halogens is 3. The minimum atomic E-state index is -0.409. The second-order valence-corrected chi connectivity index (χ2v) is 3.72. The van der Waals surface area contributed by atoms with Gasteiger partial charge in [0.05, 0.1) is 0 Å². The molecule has 0 saturated heterocycles.